The van der Waals surface area contributed by atoms with Crippen LogP contribution in [-0.2, 0) is 19.0 Å². The number of fused-ring (bicyclic) bond motifs is 1. The van der Waals surface area contributed by atoms with Crippen LogP contribution in [0.15, 0.2) is 24.3 Å². The highest BCUT2D eigenvalue weighted by atomic mass is 16.6. The molecule has 0 bridgehead atoms. The molecule has 2 atom stereocenters. The van der Waals surface area contributed by atoms with E-state index in [0.29, 0.717) is 70.3 Å². The van der Waals surface area contributed by atoms with Gasteiger partial charge in [0.05, 0.1) is 51.2 Å². The van der Waals surface area contributed by atoms with Crippen LogP contribution in [0.1, 0.15) is 30.1 Å². The van der Waals surface area contributed by atoms with E-state index < -0.39 is 11.6 Å². The number of carbonyl (C=O) groups is 2. The van der Waals surface area contributed by atoms with E-state index >= 15 is 0 Å². The molecule has 1 aromatic carbocycles. The summed E-state index contributed by atoms with van der Waals surface area (Å²) in [5.41, 5.74) is -0.0606. The van der Waals surface area contributed by atoms with Crippen LogP contribution in [0.2, 0.25) is 0 Å². The van der Waals surface area contributed by atoms with Crippen LogP contribution in [-0.4, -0.2) is 80.6 Å². The number of para-hydroxylation sites is 1. The molecular formula is C21H28N2O6. The van der Waals surface area contributed by atoms with Gasteiger partial charge in [-0.1, -0.05) is 12.1 Å². The van der Waals surface area contributed by atoms with Gasteiger partial charge in [0.25, 0.3) is 5.91 Å². The monoisotopic (exact) mass is 404 g/mol. The highest BCUT2D eigenvalue weighted by molar-refractivity contribution is 6.00. The molecule has 2 amide bonds. The molecule has 8 heteroatoms. The summed E-state index contributed by atoms with van der Waals surface area (Å²) in [5, 5.41) is 2.90. The van der Waals surface area contributed by atoms with Crippen LogP contribution >= 0.6 is 0 Å². The number of hydrogen-bond donors (Lipinski definition) is 1. The summed E-state index contributed by atoms with van der Waals surface area (Å²) < 4.78 is 22.8. The van der Waals surface area contributed by atoms with Gasteiger partial charge in [-0.05, 0) is 19.1 Å². The first-order valence-corrected chi connectivity index (χ1v) is 10.2. The zero-order chi connectivity index (χ0) is 20.3. The van der Waals surface area contributed by atoms with E-state index in [1.165, 1.54) is 0 Å². The van der Waals surface area contributed by atoms with Gasteiger partial charge in [-0.2, -0.15) is 0 Å². The van der Waals surface area contributed by atoms with Gasteiger partial charge >= 0.3 is 0 Å². The first-order chi connectivity index (χ1) is 14.1. The van der Waals surface area contributed by atoms with Crippen LogP contribution in [0.3, 0.4) is 0 Å². The molecule has 3 heterocycles. The average Bonchev–Trinajstić information content (AvgIpc) is 2.87. The van der Waals surface area contributed by atoms with E-state index in [2.05, 4.69) is 5.32 Å². The number of carbonyl (C=O) groups excluding carboxylic acids is 2. The molecule has 3 aliphatic rings. The van der Waals surface area contributed by atoms with Crippen LogP contribution in [0.5, 0.6) is 5.75 Å². The lowest BCUT2D eigenvalue weighted by Crippen LogP contribution is -2.56. The van der Waals surface area contributed by atoms with Gasteiger partial charge in [0.15, 0.2) is 0 Å². The fourth-order valence-corrected chi connectivity index (χ4v) is 4.01. The molecule has 1 spiro atoms. The van der Waals surface area contributed by atoms with Gasteiger partial charge in [0, 0.05) is 19.4 Å². The number of nitrogens with zero attached hydrogens (tertiary/aromatic N) is 1. The number of hydrogen-bond acceptors (Lipinski definition) is 6. The fourth-order valence-electron chi connectivity index (χ4n) is 4.01. The molecule has 0 saturated carbocycles. The van der Waals surface area contributed by atoms with Crippen molar-refractivity contribution < 1.29 is 28.5 Å². The number of benzene rings is 1. The largest absolute Gasteiger partial charge is 0.484 e. The molecule has 1 aromatic rings. The Morgan fingerprint density at radius 3 is 2.76 bits per heavy atom. The second kappa shape index (κ2) is 8.69. The average molecular weight is 404 g/mol. The molecule has 2 saturated heterocycles. The van der Waals surface area contributed by atoms with E-state index in [9.17, 15) is 9.59 Å². The van der Waals surface area contributed by atoms with Crippen LogP contribution in [0.25, 0.3) is 0 Å². The third-order valence-corrected chi connectivity index (χ3v) is 5.80. The zero-order valence-corrected chi connectivity index (χ0v) is 16.7. The van der Waals surface area contributed by atoms with E-state index in [-0.39, 0.29) is 17.9 Å². The summed E-state index contributed by atoms with van der Waals surface area (Å²) in [6.07, 6.45) is 1.19. The summed E-state index contributed by atoms with van der Waals surface area (Å²) in [5.74, 6) is 0.167. The van der Waals surface area contributed by atoms with Crippen molar-refractivity contribution in [3.05, 3.63) is 29.8 Å². The molecule has 0 radical (unpaired) electrons. The standard InChI is InChI=1S/C21H28N2O6/c1-15(19(24)22-12-16-13-27-10-11-28-16)23-14-21(6-8-26-9-7-21)29-18-5-3-2-4-17(18)20(23)25/h2-5,15-16H,6-14H2,1H3,(H,22,24). The van der Waals surface area contributed by atoms with E-state index in [1.54, 1.807) is 17.9 Å². The minimum Gasteiger partial charge on any atom is -0.484 e. The van der Waals surface area contributed by atoms with E-state index in [0.717, 1.165) is 0 Å². The Morgan fingerprint density at radius 1 is 1.21 bits per heavy atom. The maximum absolute atomic E-state index is 13.3. The second-order valence-corrected chi connectivity index (χ2v) is 7.82. The smallest absolute Gasteiger partial charge is 0.258 e. The minimum absolute atomic E-state index is 0.161. The highest BCUT2D eigenvalue weighted by Crippen LogP contribution is 2.35. The van der Waals surface area contributed by atoms with Crippen molar-refractivity contribution in [1.82, 2.24) is 10.2 Å². The Morgan fingerprint density at radius 2 is 2.00 bits per heavy atom. The summed E-state index contributed by atoms with van der Waals surface area (Å²) >= 11 is 0. The van der Waals surface area contributed by atoms with Crippen LogP contribution in [0, 0.1) is 0 Å². The summed E-state index contributed by atoms with van der Waals surface area (Å²) in [7, 11) is 0. The minimum atomic E-state index is -0.638. The first-order valence-electron chi connectivity index (χ1n) is 10.2. The van der Waals surface area contributed by atoms with E-state index in [4.69, 9.17) is 18.9 Å². The van der Waals surface area contributed by atoms with Crippen molar-refractivity contribution in [3.63, 3.8) is 0 Å². The zero-order valence-electron chi connectivity index (χ0n) is 16.7. The topological polar surface area (TPSA) is 86.3 Å². The Kier molecular flexibility index (Phi) is 6.03. The van der Waals surface area contributed by atoms with Gasteiger partial charge in [0.2, 0.25) is 5.91 Å². The van der Waals surface area contributed by atoms with Crippen molar-refractivity contribution in [1.29, 1.82) is 0 Å². The van der Waals surface area contributed by atoms with Crippen LogP contribution in [0.4, 0.5) is 0 Å². The molecule has 3 aliphatic heterocycles. The second-order valence-electron chi connectivity index (χ2n) is 7.82. The van der Waals surface area contributed by atoms with Crippen molar-refractivity contribution in [2.45, 2.75) is 37.5 Å². The Labute approximate surface area is 170 Å². The molecule has 4 rings (SSSR count). The number of nitrogens with one attached hydrogen (secondary N) is 1. The molecule has 2 unspecified atom stereocenters. The number of amides is 2. The van der Waals surface area contributed by atoms with Gasteiger partial charge in [-0.25, -0.2) is 0 Å². The summed E-state index contributed by atoms with van der Waals surface area (Å²) in [6, 6.07) is 6.60. The number of rotatable bonds is 4. The Balaban J connectivity index is 1.52. The molecule has 29 heavy (non-hydrogen) atoms. The van der Waals surface area contributed by atoms with Crippen molar-refractivity contribution in [2.24, 2.45) is 0 Å². The van der Waals surface area contributed by atoms with Crippen molar-refractivity contribution >= 4 is 11.8 Å². The Bertz CT molecular complexity index is 742. The van der Waals surface area contributed by atoms with Gasteiger partial charge in [-0.3, -0.25) is 9.59 Å². The molecule has 0 aliphatic carbocycles. The normalized spacial score (nSPS) is 24.9. The SMILES string of the molecule is CC(C(=O)NCC1COCCO1)N1CC2(CCOCC2)Oc2ccccc2C1=O. The molecular weight excluding hydrogens is 376 g/mol. The van der Waals surface area contributed by atoms with Gasteiger partial charge in [0.1, 0.15) is 17.4 Å². The molecule has 2 fully saturated rings. The predicted molar refractivity (Wildman–Crippen MR) is 104 cm³/mol. The number of ether oxygens (including phenoxy) is 4. The van der Waals surface area contributed by atoms with Gasteiger partial charge < -0.3 is 29.2 Å². The van der Waals surface area contributed by atoms with Crippen LogP contribution < -0.4 is 10.1 Å². The van der Waals surface area contributed by atoms with Crippen molar-refractivity contribution in [2.75, 3.05) is 46.1 Å². The maximum Gasteiger partial charge on any atom is 0.258 e. The lowest BCUT2D eigenvalue weighted by Gasteiger charge is -2.40. The van der Waals surface area contributed by atoms with Gasteiger partial charge in [-0.15, -0.1) is 0 Å². The Hall–Kier alpha value is -2.16. The lowest BCUT2D eigenvalue weighted by atomic mass is 9.92. The molecule has 1 N–H and O–H groups in total. The summed E-state index contributed by atoms with van der Waals surface area (Å²) in [4.78, 5) is 27.8. The molecule has 158 valence electrons. The molecule has 0 aromatic heterocycles. The fraction of sp³-hybridized carbons (Fsp3) is 0.619. The van der Waals surface area contributed by atoms with E-state index in [1.807, 2.05) is 18.2 Å². The highest BCUT2D eigenvalue weighted by Gasteiger charge is 2.44. The summed E-state index contributed by atoms with van der Waals surface area (Å²) in [6.45, 7) is 5.17. The third-order valence-electron chi connectivity index (χ3n) is 5.80. The third kappa shape index (κ3) is 4.39. The van der Waals surface area contributed by atoms with Crippen molar-refractivity contribution in [3.8, 4) is 5.75 Å². The predicted octanol–water partition coefficient (Wildman–Crippen LogP) is 0.991. The maximum atomic E-state index is 13.3. The molecule has 8 nitrogen and oxygen atoms in total. The first kappa shape index (κ1) is 20.1. The lowest BCUT2D eigenvalue weighted by molar-refractivity contribution is -0.129. The quantitative estimate of drug-likeness (QED) is 0.806.